The molecule has 36 heavy (non-hydrogen) atoms. The van der Waals surface area contributed by atoms with Gasteiger partial charge in [-0.3, -0.25) is 4.79 Å². The minimum absolute atomic E-state index is 0. The summed E-state index contributed by atoms with van der Waals surface area (Å²) in [7, 11) is 3.29. The number of hydrogen-bond donors (Lipinski definition) is 0. The molecule has 0 saturated carbocycles. The lowest BCUT2D eigenvalue weighted by molar-refractivity contribution is -0.141. The zero-order valence-corrected chi connectivity index (χ0v) is 22.0. The van der Waals surface area contributed by atoms with Crippen molar-refractivity contribution in [3.63, 3.8) is 0 Å². The van der Waals surface area contributed by atoms with Gasteiger partial charge in [0.15, 0.2) is 11.5 Å². The first-order valence-electron chi connectivity index (χ1n) is 12.7. The van der Waals surface area contributed by atoms with Crippen LogP contribution in [0.1, 0.15) is 36.8 Å². The number of benzene rings is 2. The lowest BCUT2D eigenvalue weighted by Gasteiger charge is -2.42. The topological polar surface area (TPSA) is 54.4 Å². The SMILES string of the molecule is COc1ccc(C2=NN(C3CCN(CCc4ccccc4)CC3)C(=O)[C@@H]3CC=CC[C@H]23)cc1OC.Cl. The predicted octanol–water partition coefficient (Wildman–Crippen LogP) is 4.96. The number of halogens is 1. The van der Waals surface area contributed by atoms with E-state index in [1.54, 1.807) is 14.2 Å². The summed E-state index contributed by atoms with van der Waals surface area (Å²) >= 11 is 0. The molecule has 0 spiro atoms. The van der Waals surface area contributed by atoms with Crippen molar-refractivity contribution < 1.29 is 14.3 Å². The zero-order valence-electron chi connectivity index (χ0n) is 21.1. The fourth-order valence-electron chi connectivity index (χ4n) is 5.65. The molecular weight excluding hydrogens is 474 g/mol. The number of hydrogen-bond acceptors (Lipinski definition) is 5. The zero-order chi connectivity index (χ0) is 24.2. The Kier molecular flexibility index (Phi) is 8.70. The number of likely N-dealkylation sites (tertiary alicyclic amines) is 1. The third-order valence-corrected chi connectivity index (χ3v) is 7.68. The van der Waals surface area contributed by atoms with Gasteiger partial charge in [0.25, 0.3) is 0 Å². The van der Waals surface area contributed by atoms with Crippen LogP contribution in [-0.4, -0.2) is 61.4 Å². The molecule has 0 aromatic heterocycles. The molecule has 2 aromatic rings. The second-order valence-electron chi connectivity index (χ2n) is 9.70. The molecule has 2 atom stereocenters. The summed E-state index contributed by atoms with van der Waals surface area (Å²) in [5.41, 5.74) is 3.37. The van der Waals surface area contributed by atoms with Gasteiger partial charge in [0.1, 0.15) is 0 Å². The Morgan fingerprint density at radius 2 is 1.61 bits per heavy atom. The van der Waals surface area contributed by atoms with E-state index in [9.17, 15) is 4.79 Å². The van der Waals surface area contributed by atoms with Crippen LogP contribution in [0.25, 0.3) is 0 Å². The number of carbonyl (C=O) groups is 1. The lowest BCUT2D eigenvalue weighted by Crippen LogP contribution is -2.52. The van der Waals surface area contributed by atoms with Crippen molar-refractivity contribution in [3.05, 3.63) is 71.8 Å². The van der Waals surface area contributed by atoms with Gasteiger partial charge < -0.3 is 14.4 Å². The number of ether oxygens (including phenoxy) is 2. The molecule has 6 nitrogen and oxygen atoms in total. The average Bonchev–Trinajstić information content (AvgIpc) is 2.93. The predicted molar refractivity (Wildman–Crippen MR) is 145 cm³/mol. The molecule has 0 N–H and O–H groups in total. The third kappa shape index (κ3) is 5.45. The summed E-state index contributed by atoms with van der Waals surface area (Å²) in [5, 5.41) is 6.88. The first-order chi connectivity index (χ1) is 17.2. The van der Waals surface area contributed by atoms with Crippen molar-refractivity contribution in [1.29, 1.82) is 0 Å². The van der Waals surface area contributed by atoms with Crippen molar-refractivity contribution in [1.82, 2.24) is 9.91 Å². The minimum atomic E-state index is -0.0447. The molecule has 1 fully saturated rings. The van der Waals surface area contributed by atoms with Gasteiger partial charge in [-0.05, 0) is 55.9 Å². The van der Waals surface area contributed by atoms with E-state index in [4.69, 9.17) is 14.6 Å². The smallest absolute Gasteiger partial charge is 0.247 e. The molecule has 192 valence electrons. The highest BCUT2D eigenvalue weighted by atomic mass is 35.5. The Bertz CT molecular complexity index is 1100. The number of allylic oxidation sites excluding steroid dienone is 2. The molecule has 5 rings (SSSR count). The molecule has 2 aromatic carbocycles. The molecule has 1 saturated heterocycles. The number of nitrogens with zero attached hydrogens (tertiary/aromatic N) is 3. The molecule has 0 unspecified atom stereocenters. The van der Waals surface area contributed by atoms with E-state index in [1.165, 1.54) is 5.56 Å². The van der Waals surface area contributed by atoms with Crippen LogP contribution in [0.2, 0.25) is 0 Å². The molecule has 1 aliphatic carbocycles. The Hall–Kier alpha value is -2.83. The Balaban J connectivity index is 0.00000304. The van der Waals surface area contributed by atoms with E-state index in [-0.39, 0.29) is 36.2 Å². The molecule has 0 radical (unpaired) electrons. The number of hydrazone groups is 1. The minimum Gasteiger partial charge on any atom is -0.493 e. The van der Waals surface area contributed by atoms with Gasteiger partial charge >= 0.3 is 0 Å². The van der Waals surface area contributed by atoms with Gasteiger partial charge in [0.05, 0.1) is 31.9 Å². The molecule has 7 heteroatoms. The average molecular weight is 510 g/mol. The fraction of sp³-hybridized carbons (Fsp3) is 0.448. The molecule has 0 bridgehead atoms. The maximum absolute atomic E-state index is 13.6. The summed E-state index contributed by atoms with van der Waals surface area (Å²) < 4.78 is 11.0. The van der Waals surface area contributed by atoms with Crippen LogP contribution in [0.3, 0.4) is 0 Å². The van der Waals surface area contributed by atoms with E-state index in [1.807, 2.05) is 23.2 Å². The number of methoxy groups -OCH3 is 2. The summed E-state index contributed by atoms with van der Waals surface area (Å²) in [4.78, 5) is 16.1. The fourth-order valence-corrected chi connectivity index (χ4v) is 5.65. The van der Waals surface area contributed by atoms with Crippen molar-refractivity contribution in [2.24, 2.45) is 16.9 Å². The van der Waals surface area contributed by atoms with E-state index < -0.39 is 0 Å². The van der Waals surface area contributed by atoms with E-state index >= 15 is 0 Å². The highest BCUT2D eigenvalue weighted by Crippen LogP contribution is 2.38. The second kappa shape index (κ2) is 11.9. The van der Waals surface area contributed by atoms with E-state index in [2.05, 4.69) is 47.4 Å². The number of carbonyl (C=O) groups excluding carboxylic acids is 1. The number of fused-ring (bicyclic) bond motifs is 1. The van der Waals surface area contributed by atoms with Crippen molar-refractivity contribution in [3.8, 4) is 11.5 Å². The van der Waals surface area contributed by atoms with Gasteiger partial charge in [0, 0.05) is 31.1 Å². The highest BCUT2D eigenvalue weighted by molar-refractivity contribution is 6.07. The lowest BCUT2D eigenvalue weighted by atomic mass is 9.76. The van der Waals surface area contributed by atoms with Gasteiger partial charge in [0.2, 0.25) is 5.91 Å². The Morgan fingerprint density at radius 1 is 0.917 bits per heavy atom. The van der Waals surface area contributed by atoms with Crippen molar-refractivity contribution >= 4 is 24.0 Å². The van der Waals surface area contributed by atoms with Crippen LogP contribution >= 0.6 is 12.4 Å². The van der Waals surface area contributed by atoms with Gasteiger partial charge in [-0.2, -0.15) is 5.10 Å². The standard InChI is InChI=1S/C29H35N3O3.ClH/c1-34-26-13-12-22(20-27(26)35-2)28-24-10-6-7-11-25(24)29(33)32(30-28)23-15-18-31(19-16-23)17-14-21-8-4-3-5-9-21;/h3-9,12-13,20,23-25H,10-11,14-19H2,1-2H3;1H/t24-,25+;/m0./s1. The number of rotatable bonds is 7. The van der Waals surface area contributed by atoms with Crippen LogP contribution < -0.4 is 9.47 Å². The van der Waals surface area contributed by atoms with Crippen LogP contribution in [-0.2, 0) is 11.2 Å². The first-order valence-corrected chi connectivity index (χ1v) is 12.7. The van der Waals surface area contributed by atoms with Crippen LogP contribution in [0.5, 0.6) is 11.5 Å². The maximum atomic E-state index is 13.6. The summed E-state index contributed by atoms with van der Waals surface area (Å²) in [6, 6.07) is 16.8. The number of piperidine rings is 1. The van der Waals surface area contributed by atoms with Crippen LogP contribution in [0.15, 0.2) is 65.8 Å². The molecule has 2 aliphatic heterocycles. The third-order valence-electron chi connectivity index (χ3n) is 7.68. The second-order valence-corrected chi connectivity index (χ2v) is 9.70. The van der Waals surface area contributed by atoms with Crippen LogP contribution in [0, 0.1) is 11.8 Å². The van der Waals surface area contributed by atoms with Gasteiger partial charge in [-0.1, -0.05) is 42.5 Å². The summed E-state index contributed by atoms with van der Waals surface area (Å²) in [6.07, 6.45) is 8.93. The normalized spacial score (nSPS) is 22.4. The molecular formula is C29H36ClN3O3. The molecule has 3 aliphatic rings. The van der Waals surface area contributed by atoms with Crippen molar-refractivity contribution in [2.45, 2.75) is 38.1 Å². The summed E-state index contributed by atoms with van der Waals surface area (Å²) in [5.74, 6) is 1.63. The molecule has 2 heterocycles. The maximum Gasteiger partial charge on any atom is 0.247 e. The van der Waals surface area contributed by atoms with Crippen LogP contribution in [0.4, 0.5) is 0 Å². The largest absolute Gasteiger partial charge is 0.493 e. The monoisotopic (exact) mass is 509 g/mol. The quantitative estimate of drug-likeness (QED) is 0.495. The van der Waals surface area contributed by atoms with Crippen molar-refractivity contribution in [2.75, 3.05) is 33.9 Å². The molecule has 1 amide bonds. The number of amides is 1. The highest BCUT2D eigenvalue weighted by Gasteiger charge is 2.42. The van der Waals surface area contributed by atoms with E-state index in [0.717, 1.165) is 63.0 Å². The van der Waals surface area contributed by atoms with E-state index in [0.29, 0.717) is 11.5 Å². The summed E-state index contributed by atoms with van der Waals surface area (Å²) in [6.45, 7) is 3.05. The Morgan fingerprint density at radius 3 is 2.31 bits per heavy atom. The Labute approximate surface area is 220 Å². The first kappa shape index (κ1) is 26.2. The van der Waals surface area contributed by atoms with Gasteiger partial charge in [-0.15, -0.1) is 12.4 Å². The van der Waals surface area contributed by atoms with Gasteiger partial charge in [-0.25, -0.2) is 5.01 Å².